The van der Waals surface area contributed by atoms with E-state index in [2.05, 4.69) is 38.5 Å². The van der Waals surface area contributed by atoms with Gasteiger partial charge in [-0.1, -0.05) is 58.2 Å². The molecule has 1 aliphatic rings. The van der Waals surface area contributed by atoms with E-state index in [1.54, 1.807) is 4.68 Å². The molecule has 3 rings (SSSR count). The molecular formula is C22H28N4. The molecule has 1 aliphatic heterocycles. The van der Waals surface area contributed by atoms with Gasteiger partial charge in [-0.3, -0.25) is 0 Å². The average molecular weight is 348 g/mol. The second kappa shape index (κ2) is 6.87. The topological polar surface area (TPSA) is 47.1 Å². The van der Waals surface area contributed by atoms with E-state index in [-0.39, 0.29) is 5.41 Å². The monoisotopic (exact) mass is 348 g/mol. The first-order chi connectivity index (χ1) is 12.5. The first-order valence-electron chi connectivity index (χ1n) is 9.21. The van der Waals surface area contributed by atoms with Gasteiger partial charge in [0.05, 0.1) is 17.6 Å². The zero-order valence-corrected chi connectivity index (χ0v) is 15.8. The van der Waals surface area contributed by atoms with Crippen molar-refractivity contribution in [1.82, 2.24) is 14.6 Å². The molecule has 4 heteroatoms. The molecular weight excluding hydrogens is 320 g/mol. The normalized spacial score (nSPS) is 21.9. The molecule has 1 unspecified atom stereocenters. The molecule has 1 fully saturated rings. The number of nitrogens with two attached hydrogens (primary N) is 1. The van der Waals surface area contributed by atoms with Crippen molar-refractivity contribution in [2.45, 2.75) is 39.7 Å². The molecule has 0 aliphatic carbocycles. The second-order valence-electron chi connectivity index (χ2n) is 6.87. The van der Waals surface area contributed by atoms with Crippen LogP contribution in [0, 0.1) is 5.41 Å². The maximum absolute atomic E-state index is 6.31. The largest absolute Gasteiger partial charge is 0.337 e. The Morgan fingerprint density at radius 3 is 2.58 bits per heavy atom. The van der Waals surface area contributed by atoms with Crippen LogP contribution in [-0.4, -0.2) is 14.6 Å². The molecule has 0 saturated carbocycles. The lowest BCUT2D eigenvalue weighted by Crippen LogP contribution is -2.25. The van der Waals surface area contributed by atoms with Crippen molar-refractivity contribution in [3.63, 3.8) is 0 Å². The van der Waals surface area contributed by atoms with Gasteiger partial charge in [0.1, 0.15) is 5.82 Å². The highest BCUT2D eigenvalue weighted by Gasteiger charge is 2.45. The van der Waals surface area contributed by atoms with Crippen LogP contribution in [-0.2, 0) is 6.54 Å². The molecule has 136 valence electrons. The van der Waals surface area contributed by atoms with Crippen LogP contribution in [0.1, 0.15) is 38.9 Å². The van der Waals surface area contributed by atoms with Crippen LogP contribution in [0.25, 0.3) is 11.0 Å². The number of benzene rings is 1. The van der Waals surface area contributed by atoms with Gasteiger partial charge in [0, 0.05) is 16.8 Å². The third-order valence-electron chi connectivity index (χ3n) is 5.58. The van der Waals surface area contributed by atoms with Crippen LogP contribution in [0.3, 0.4) is 0 Å². The van der Waals surface area contributed by atoms with Gasteiger partial charge in [0.25, 0.3) is 0 Å². The van der Waals surface area contributed by atoms with Crippen LogP contribution in [0.15, 0.2) is 73.1 Å². The summed E-state index contributed by atoms with van der Waals surface area (Å²) in [4.78, 5) is 6.92. The second-order valence-corrected chi connectivity index (χ2v) is 6.87. The molecule has 1 aromatic carbocycles. The third-order valence-corrected chi connectivity index (χ3v) is 5.58. The van der Waals surface area contributed by atoms with E-state index < -0.39 is 0 Å². The van der Waals surface area contributed by atoms with Crippen LogP contribution < -0.4 is 5.84 Å². The number of hydrogen-bond donors (Lipinski definition) is 1. The van der Waals surface area contributed by atoms with E-state index in [0.717, 1.165) is 53.1 Å². The van der Waals surface area contributed by atoms with Crippen molar-refractivity contribution in [2.24, 2.45) is 5.41 Å². The Labute approximate surface area is 156 Å². The molecule has 26 heavy (non-hydrogen) atoms. The van der Waals surface area contributed by atoms with Gasteiger partial charge < -0.3 is 10.7 Å². The van der Waals surface area contributed by atoms with E-state index in [1.807, 2.05) is 36.4 Å². The first kappa shape index (κ1) is 18.1. The molecule has 1 atom stereocenters. The summed E-state index contributed by atoms with van der Waals surface area (Å²) >= 11 is 0. The van der Waals surface area contributed by atoms with Crippen LogP contribution in [0.4, 0.5) is 0 Å². The fourth-order valence-electron chi connectivity index (χ4n) is 4.13. The fraction of sp³-hybridized carbons (Fsp3) is 0.318. The molecule has 0 spiro atoms. The highest BCUT2D eigenvalue weighted by molar-refractivity contribution is 5.75. The number of fused-ring (bicyclic) bond motifs is 1. The van der Waals surface area contributed by atoms with Gasteiger partial charge in [0.2, 0.25) is 0 Å². The van der Waals surface area contributed by atoms with Crippen LogP contribution in [0.5, 0.6) is 0 Å². The van der Waals surface area contributed by atoms with Crippen molar-refractivity contribution >= 4 is 11.0 Å². The zero-order chi connectivity index (χ0) is 18.9. The number of likely N-dealkylation sites (tertiary alicyclic amines) is 1. The van der Waals surface area contributed by atoms with Gasteiger partial charge in [-0.2, -0.15) is 0 Å². The van der Waals surface area contributed by atoms with E-state index in [0.29, 0.717) is 6.54 Å². The van der Waals surface area contributed by atoms with Gasteiger partial charge in [0.15, 0.2) is 0 Å². The minimum atomic E-state index is -0.102. The van der Waals surface area contributed by atoms with E-state index in [9.17, 15) is 0 Å². The number of allylic oxidation sites excluding steroid dienone is 4. The Morgan fingerprint density at radius 2 is 1.96 bits per heavy atom. The van der Waals surface area contributed by atoms with E-state index >= 15 is 0 Å². The fourth-order valence-corrected chi connectivity index (χ4v) is 4.13. The molecule has 0 bridgehead atoms. The van der Waals surface area contributed by atoms with E-state index in [1.165, 1.54) is 0 Å². The van der Waals surface area contributed by atoms with Gasteiger partial charge in [-0.25, -0.2) is 9.66 Å². The summed E-state index contributed by atoms with van der Waals surface area (Å²) in [5.41, 5.74) is 4.98. The Morgan fingerprint density at radius 1 is 1.23 bits per heavy atom. The molecule has 0 amide bonds. The molecule has 2 heterocycles. The Balaban J connectivity index is 2.05. The zero-order valence-electron chi connectivity index (χ0n) is 15.8. The summed E-state index contributed by atoms with van der Waals surface area (Å²) in [6, 6.07) is 7.91. The molecule has 2 N–H and O–H groups in total. The quantitative estimate of drug-likeness (QED) is 0.755. The lowest BCUT2D eigenvalue weighted by Gasteiger charge is -2.30. The minimum Gasteiger partial charge on any atom is -0.337 e. The summed E-state index contributed by atoms with van der Waals surface area (Å²) in [5.74, 6) is 7.12. The van der Waals surface area contributed by atoms with E-state index in [4.69, 9.17) is 10.8 Å². The Hall–Kier alpha value is -2.75. The molecule has 2 aromatic rings. The summed E-state index contributed by atoms with van der Waals surface area (Å²) in [6.07, 6.45) is 6.91. The number of rotatable bonds is 6. The maximum atomic E-state index is 6.31. The first-order valence-corrected chi connectivity index (χ1v) is 9.21. The molecule has 0 radical (unpaired) electrons. The van der Waals surface area contributed by atoms with Crippen LogP contribution in [0.2, 0.25) is 0 Å². The molecule has 1 aromatic heterocycles. The average Bonchev–Trinajstić information content (AvgIpc) is 3.06. The predicted molar refractivity (Wildman–Crippen MR) is 110 cm³/mol. The lowest BCUT2D eigenvalue weighted by atomic mass is 9.74. The summed E-state index contributed by atoms with van der Waals surface area (Å²) in [6.45, 7) is 17.7. The van der Waals surface area contributed by atoms with Crippen molar-refractivity contribution < 1.29 is 0 Å². The smallest absolute Gasteiger partial charge is 0.148 e. The van der Waals surface area contributed by atoms with Gasteiger partial charge in [-0.05, 0) is 36.6 Å². The van der Waals surface area contributed by atoms with Gasteiger partial charge >= 0.3 is 0 Å². The highest BCUT2D eigenvalue weighted by Crippen LogP contribution is 2.54. The molecule has 4 nitrogen and oxygen atoms in total. The SMILES string of the molecule is C=C/C=C1\C(=C)C(CC)(CCC)C(=C)N1Cc1nc2ccccc2n1N. The summed E-state index contributed by atoms with van der Waals surface area (Å²) in [7, 11) is 0. The summed E-state index contributed by atoms with van der Waals surface area (Å²) in [5, 5.41) is 0. The summed E-state index contributed by atoms with van der Waals surface area (Å²) < 4.78 is 1.67. The molecule has 1 saturated heterocycles. The number of para-hydroxylation sites is 2. The van der Waals surface area contributed by atoms with Crippen molar-refractivity contribution in [3.05, 3.63) is 78.9 Å². The number of nitrogens with zero attached hydrogens (tertiary/aromatic N) is 3. The number of aromatic nitrogens is 2. The van der Waals surface area contributed by atoms with Crippen molar-refractivity contribution in [2.75, 3.05) is 5.84 Å². The lowest BCUT2D eigenvalue weighted by molar-refractivity contribution is 0.330. The van der Waals surface area contributed by atoms with Gasteiger partial charge in [-0.15, -0.1) is 0 Å². The Kier molecular flexibility index (Phi) is 4.77. The number of nitrogen functional groups attached to an aromatic ring is 1. The number of hydrogen-bond acceptors (Lipinski definition) is 3. The maximum Gasteiger partial charge on any atom is 0.148 e. The van der Waals surface area contributed by atoms with Crippen LogP contribution >= 0.6 is 0 Å². The Bertz CT molecular complexity index is 902. The predicted octanol–water partition coefficient (Wildman–Crippen LogP) is 4.90. The minimum absolute atomic E-state index is 0.102. The highest BCUT2D eigenvalue weighted by atomic mass is 15.3. The van der Waals surface area contributed by atoms with Crippen molar-refractivity contribution in [1.29, 1.82) is 0 Å². The standard InChI is InChI=1S/C22H28N4/c1-6-11-19-16(4)22(8-3,14-7-2)17(5)25(19)15-21-24-18-12-9-10-13-20(18)26(21)23/h6,9-13H,1,4-5,7-8,14-15,23H2,2-3H3/b19-11+. The van der Waals surface area contributed by atoms with Crippen molar-refractivity contribution in [3.8, 4) is 0 Å². The third kappa shape index (κ3) is 2.57. The number of imidazole rings is 1.